The van der Waals surface area contributed by atoms with Crippen LogP contribution in [0.1, 0.15) is 13.8 Å². The van der Waals surface area contributed by atoms with E-state index in [1.165, 1.54) is 11.4 Å². The molecule has 1 fully saturated rings. The Morgan fingerprint density at radius 2 is 1.94 bits per heavy atom. The summed E-state index contributed by atoms with van der Waals surface area (Å²) in [6, 6.07) is -0.308. The van der Waals surface area contributed by atoms with Gasteiger partial charge in [0, 0.05) is 19.1 Å². The smallest absolute Gasteiger partial charge is 0.321 e. The first-order valence-corrected chi connectivity index (χ1v) is 7.20. The summed E-state index contributed by atoms with van der Waals surface area (Å²) in [5.41, 5.74) is 0. The highest BCUT2D eigenvalue weighted by atomic mass is 32.2. The van der Waals surface area contributed by atoms with Crippen molar-refractivity contribution < 1.29 is 22.7 Å². The van der Waals surface area contributed by atoms with Gasteiger partial charge in [-0.25, -0.2) is 0 Å². The number of nitrogens with zero attached hydrogens (tertiary/aromatic N) is 2. The number of morpholine rings is 1. The molecule has 0 unspecified atom stereocenters. The zero-order valence-electron chi connectivity index (χ0n) is 11.0. The number of hydrogen-bond donors (Lipinski definition) is 0. The molecule has 8 heteroatoms. The maximum atomic E-state index is 12.4. The van der Waals surface area contributed by atoms with Gasteiger partial charge in [0.25, 0.3) is 10.2 Å². The summed E-state index contributed by atoms with van der Waals surface area (Å²) >= 11 is 0. The Bertz CT molecular complexity index is 376. The Kier molecular flexibility index (Phi) is 5.51. The first-order chi connectivity index (χ1) is 8.39. The first-order valence-electron chi connectivity index (χ1n) is 5.81. The lowest BCUT2D eigenvalue weighted by molar-refractivity contribution is -0.141. The maximum absolute atomic E-state index is 12.4. The van der Waals surface area contributed by atoms with Crippen LogP contribution in [0.4, 0.5) is 0 Å². The summed E-state index contributed by atoms with van der Waals surface area (Å²) in [5, 5.41) is 0. The minimum atomic E-state index is -3.64. The highest BCUT2D eigenvalue weighted by Crippen LogP contribution is 2.14. The van der Waals surface area contributed by atoms with Crippen LogP contribution in [0.15, 0.2) is 0 Å². The second kappa shape index (κ2) is 6.46. The zero-order chi connectivity index (χ0) is 13.8. The van der Waals surface area contributed by atoms with E-state index < -0.39 is 16.2 Å². The molecule has 0 aromatic heterocycles. The summed E-state index contributed by atoms with van der Waals surface area (Å²) in [6.07, 6.45) is 0. The van der Waals surface area contributed by atoms with Gasteiger partial charge in [-0.15, -0.1) is 0 Å². The SMILES string of the molecule is COC(=O)CN(C(C)C)S(=O)(=O)N1CCOCC1. The largest absolute Gasteiger partial charge is 0.468 e. The van der Waals surface area contributed by atoms with E-state index in [0.717, 1.165) is 4.31 Å². The summed E-state index contributed by atoms with van der Waals surface area (Å²) in [5.74, 6) is -0.569. The number of carbonyl (C=O) groups excluding carboxylic acids is 1. The fourth-order valence-electron chi connectivity index (χ4n) is 1.65. The molecule has 0 bridgehead atoms. The third-order valence-corrected chi connectivity index (χ3v) is 4.84. The minimum absolute atomic E-state index is 0.270. The van der Waals surface area contributed by atoms with Gasteiger partial charge in [-0.05, 0) is 13.8 Å². The van der Waals surface area contributed by atoms with Gasteiger partial charge < -0.3 is 9.47 Å². The van der Waals surface area contributed by atoms with Crippen molar-refractivity contribution in [3.8, 4) is 0 Å². The number of esters is 1. The van der Waals surface area contributed by atoms with E-state index >= 15 is 0 Å². The second-order valence-electron chi connectivity index (χ2n) is 4.23. The van der Waals surface area contributed by atoms with Crippen molar-refractivity contribution in [1.82, 2.24) is 8.61 Å². The van der Waals surface area contributed by atoms with Crippen LogP contribution < -0.4 is 0 Å². The van der Waals surface area contributed by atoms with Crippen LogP contribution in [0.2, 0.25) is 0 Å². The lowest BCUT2D eigenvalue weighted by atomic mass is 10.4. The van der Waals surface area contributed by atoms with E-state index in [2.05, 4.69) is 4.74 Å². The number of hydrogen-bond acceptors (Lipinski definition) is 5. The fraction of sp³-hybridized carbons (Fsp3) is 0.900. The molecule has 1 saturated heterocycles. The van der Waals surface area contributed by atoms with Gasteiger partial charge in [0.15, 0.2) is 0 Å². The molecule has 0 atom stereocenters. The molecule has 18 heavy (non-hydrogen) atoms. The quantitative estimate of drug-likeness (QED) is 0.631. The van der Waals surface area contributed by atoms with Gasteiger partial charge >= 0.3 is 5.97 Å². The molecule has 7 nitrogen and oxygen atoms in total. The number of ether oxygens (including phenoxy) is 2. The third kappa shape index (κ3) is 3.64. The maximum Gasteiger partial charge on any atom is 0.321 e. The highest BCUT2D eigenvalue weighted by Gasteiger charge is 2.34. The number of methoxy groups -OCH3 is 1. The van der Waals surface area contributed by atoms with Crippen LogP contribution in [0.25, 0.3) is 0 Å². The summed E-state index contributed by atoms with van der Waals surface area (Å²) < 4.78 is 36.9. The van der Waals surface area contributed by atoms with E-state index in [4.69, 9.17) is 4.74 Å². The van der Waals surface area contributed by atoms with E-state index in [9.17, 15) is 13.2 Å². The Morgan fingerprint density at radius 1 is 1.39 bits per heavy atom. The van der Waals surface area contributed by atoms with Gasteiger partial charge in [0.2, 0.25) is 0 Å². The normalized spacial score (nSPS) is 18.3. The molecule has 1 aliphatic heterocycles. The zero-order valence-corrected chi connectivity index (χ0v) is 11.8. The van der Waals surface area contributed by atoms with Crippen molar-refractivity contribution in [2.75, 3.05) is 40.0 Å². The summed E-state index contributed by atoms with van der Waals surface area (Å²) in [7, 11) is -2.40. The van der Waals surface area contributed by atoms with Gasteiger partial charge in [-0.2, -0.15) is 17.0 Å². The molecule has 1 aliphatic rings. The van der Waals surface area contributed by atoms with Crippen molar-refractivity contribution in [1.29, 1.82) is 0 Å². The van der Waals surface area contributed by atoms with Gasteiger partial charge in [-0.3, -0.25) is 4.79 Å². The monoisotopic (exact) mass is 280 g/mol. The van der Waals surface area contributed by atoms with Crippen LogP contribution >= 0.6 is 0 Å². The van der Waals surface area contributed by atoms with Crippen LogP contribution in [0.5, 0.6) is 0 Å². The second-order valence-corrected chi connectivity index (χ2v) is 6.12. The fourth-order valence-corrected chi connectivity index (χ4v) is 3.36. The van der Waals surface area contributed by atoms with Crippen LogP contribution in [0, 0.1) is 0 Å². The van der Waals surface area contributed by atoms with E-state index in [-0.39, 0.29) is 12.6 Å². The van der Waals surface area contributed by atoms with Crippen molar-refractivity contribution in [2.24, 2.45) is 0 Å². The number of carbonyl (C=O) groups is 1. The molecule has 0 aromatic rings. The Labute approximate surface area is 108 Å². The summed E-state index contributed by atoms with van der Waals surface area (Å²) in [6.45, 7) is 4.56. The van der Waals surface area contributed by atoms with Crippen molar-refractivity contribution >= 4 is 16.2 Å². The molecular weight excluding hydrogens is 260 g/mol. The van der Waals surface area contributed by atoms with E-state index in [0.29, 0.717) is 26.3 Å². The van der Waals surface area contributed by atoms with Crippen molar-refractivity contribution in [3.05, 3.63) is 0 Å². The molecule has 0 amide bonds. The molecule has 0 aliphatic carbocycles. The highest BCUT2D eigenvalue weighted by molar-refractivity contribution is 7.86. The van der Waals surface area contributed by atoms with Crippen LogP contribution in [-0.4, -0.2) is 69.0 Å². The standard InChI is InChI=1S/C10H20N2O5S/c1-9(2)12(8-10(13)16-3)18(14,15)11-4-6-17-7-5-11/h9H,4-8H2,1-3H3. The van der Waals surface area contributed by atoms with Crippen molar-refractivity contribution in [2.45, 2.75) is 19.9 Å². The molecule has 1 heterocycles. The Morgan fingerprint density at radius 3 is 2.39 bits per heavy atom. The molecule has 0 N–H and O–H groups in total. The van der Waals surface area contributed by atoms with Crippen molar-refractivity contribution in [3.63, 3.8) is 0 Å². The van der Waals surface area contributed by atoms with Crippen LogP contribution in [0.3, 0.4) is 0 Å². The molecule has 0 radical (unpaired) electrons. The molecule has 1 rings (SSSR count). The molecule has 0 aromatic carbocycles. The topological polar surface area (TPSA) is 76.2 Å². The Hall–Kier alpha value is -0.700. The average Bonchev–Trinajstić information content (AvgIpc) is 2.36. The summed E-state index contributed by atoms with van der Waals surface area (Å²) in [4.78, 5) is 11.3. The molecular formula is C10H20N2O5S. The third-order valence-electron chi connectivity index (χ3n) is 2.68. The predicted octanol–water partition coefficient (Wildman–Crippen LogP) is -0.553. The van der Waals surface area contributed by atoms with Gasteiger partial charge in [0.05, 0.1) is 20.3 Å². The molecule has 0 spiro atoms. The predicted molar refractivity (Wildman–Crippen MR) is 65.2 cm³/mol. The van der Waals surface area contributed by atoms with E-state index in [1.54, 1.807) is 13.8 Å². The minimum Gasteiger partial charge on any atom is -0.468 e. The lowest BCUT2D eigenvalue weighted by Gasteiger charge is -2.33. The average molecular weight is 280 g/mol. The lowest BCUT2D eigenvalue weighted by Crippen LogP contribution is -2.52. The van der Waals surface area contributed by atoms with Crippen LogP contribution in [-0.2, 0) is 24.5 Å². The molecule has 106 valence electrons. The first kappa shape index (κ1) is 15.4. The number of rotatable bonds is 5. The van der Waals surface area contributed by atoms with E-state index in [1.807, 2.05) is 0 Å². The van der Waals surface area contributed by atoms with Gasteiger partial charge in [-0.1, -0.05) is 0 Å². The Balaban J connectivity index is 2.85. The molecule has 0 saturated carbocycles. The van der Waals surface area contributed by atoms with Gasteiger partial charge in [0.1, 0.15) is 6.54 Å².